The number of aromatic nitrogens is 1. The largest absolute Gasteiger partial charge is 0.470 e. The number of hydrogen-bond donors (Lipinski definition) is 2. The fourth-order valence-electron chi connectivity index (χ4n) is 1.62. The zero-order chi connectivity index (χ0) is 15.6. The zero-order valence-corrected chi connectivity index (χ0v) is 14.4. The minimum atomic E-state index is -0.365. The number of nitrogens with two attached hydrogens (primary N) is 1. The molecule has 1 aromatic carbocycles. The average molecular weight is 371 g/mol. The molecule has 0 aliphatic rings. The summed E-state index contributed by atoms with van der Waals surface area (Å²) in [7, 11) is 0. The fourth-order valence-corrected chi connectivity index (χ4v) is 2.14. The molecule has 2 aromatic rings. The maximum Gasteiger partial charge on any atom is 0.239 e. The summed E-state index contributed by atoms with van der Waals surface area (Å²) < 4.78 is 6.64. The van der Waals surface area contributed by atoms with Gasteiger partial charge in [0.2, 0.25) is 5.88 Å². The van der Waals surface area contributed by atoms with Crippen molar-refractivity contribution in [2.75, 3.05) is 11.1 Å². The number of rotatable bonds is 3. The molecule has 2 rings (SSSR count). The molecule has 1 aromatic heterocycles. The summed E-state index contributed by atoms with van der Waals surface area (Å²) in [4.78, 5) is 4.40. The third kappa shape index (κ3) is 4.51. The number of nitrogens with one attached hydrogen (secondary N) is 1. The lowest BCUT2D eigenvalue weighted by atomic mass is 10.2. The van der Waals surface area contributed by atoms with Crippen molar-refractivity contribution >= 4 is 44.7 Å². The standard InChI is InChI=1S/C15H17BrClN3O/c1-15(2,3)21-14-11(18)6-7-13(20-14)19-12-8-9(17)4-5-10(12)16/h4-8H,18H2,1-3H3,(H,19,20). The van der Waals surface area contributed by atoms with Crippen LogP contribution in [0.5, 0.6) is 5.88 Å². The molecule has 0 aliphatic carbocycles. The average Bonchev–Trinajstić information content (AvgIpc) is 2.36. The van der Waals surface area contributed by atoms with Gasteiger partial charge in [0.25, 0.3) is 0 Å². The van der Waals surface area contributed by atoms with Crippen molar-refractivity contribution in [2.45, 2.75) is 26.4 Å². The van der Waals surface area contributed by atoms with Crippen LogP contribution in [0.1, 0.15) is 20.8 Å². The Kier molecular flexibility index (Phi) is 4.64. The molecule has 3 N–H and O–H groups in total. The Bertz CT molecular complexity index is 656. The molecule has 0 amide bonds. The van der Waals surface area contributed by atoms with Crippen LogP contribution >= 0.6 is 27.5 Å². The molecule has 4 nitrogen and oxygen atoms in total. The highest BCUT2D eigenvalue weighted by Crippen LogP contribution is 2.30. The predicted octanol–water partition coefficient (Wildman–Crippen LogP) is 5.00. The lowest BCUT2D eigenvalue weighted by Crippen LogP contribution is -2.24. The van der Waals surface area contributed by atoms with E-state index in [0.717, 1.165) is 10.2 Å². The molecule has 6 heteroatoms. The molecule has 0 spiro atoms. The number of pyridine rings is 1. The second-order valence-corrected chi connectivity index (χ2v) is 6.85. The maximum atomic E-state index is 6.00. The van der Waals surface area contributed by atoms with E-state index in [2.05, 4.69) is 26.2 Å². The predicted molar refractivity (Wildman–Crippen MR) is 91.5 cm³/mol. The van der Waals surface area contributed by atoms with Gasteiger partial charge in [-0.3, -0.25) is 0 Å². The summed E-state index contributed by atoms with van der Waals surface area (Å²) in [6.07, 6.45) is 0. The molecule has 1 heterocycles. The number of nitrogens with zero attached hydrogens (tertiary/aromatic N) is 1. The smallest absolute Gasteiger partial charge is 0.239 e. The Labute approximate surface area is 137 Å². The first-order chi connectivity index (χ1) is 9.74. The van der Waals surface area contributed by atoms with E-state index in [9.17, 15) is 0 Å². The Morgan fingerprint density at radius 3 is 2.62 bits per heavy atom. The van der Waals surface area contributed by atoms with Gasteiger partial charge in [0, 0.05) is 9.50 Å². The molecule has 112 valence electrons. The summed E-state index contributed by atoms with van der Waals surface area (Å²) in [6.45, 7) is 5.84. The van der Waals surface area contributed by atoms with Gasteiger partial charge < -0.3 is 15.8 Å². The van der Waals surface area contributed by atoms with E-state index in [4.69, 9.17) is 22.1 Å². The van der Waals surface area contributed by atoms with E-state index < -0.39 is 0 Å². The molecular weight excluding hydrogens is 354 g/mol. The molecule has 0 saturated heterocycles. The minimum absolute atomic E-state index is 0.365. The van der Waals surface area contributed by atoms with Crippen LogP contribution in [0.3, 0.4) is 0 Å². The molecule has 21 heavy (non-hydrogen) atoms. The van der Waals surface area contributed by atoms with E-state index in [-0.39, 0.29) is 5.60 Å². The first-order valence-electron chi connectivity index (χ1n) is 6.42. The fraction of sp³-hybridized carbons (Fsp3) is 0.267. The number of nitrogen functional groups attached to an aromatic ring is 1. The van der Waals surface area contributed by atoms with E-state index in [1.165, 1.54) is 0 Å². The summed E-state index contributed by atoms with van der Waals surface area (Å²) in [5.74, 6) is 1.04. The first kappa shape index (κ1) is 15.9. The molecule has 0 saturated carbocycles. The molecule has 0 bridgehead atoms. The second-order valence-electron chi connectivity index (χ2n) is 5.55. The van der Waals surface area contributed by atoms with Crippen LogP contribution in [-0.4, -0.2) is 10.6 Å². The quantitative estimate of drug-likeness (QED) is 0.798. The van der Waals surface area contributed by atoms with Gasteiger partial charge in [0.1, 0.15) is 11.4 Å². The van der Waals surface area contributed by atoms with Crippen molar-refractivity contribution in [3.8, 4) is 5.88 Å². The van der Waals surface area contributed by atoms with Crippen LogP contribution in [0.2, 0.25) is 5.02 Å². The number of anilines is 3. The summed E-state index contributed by atoms with van der Waals surface area (Å²) in [6, 6.07) is 9.04. The van der Waals surface area contributed by atoms with Crippen LogP contribution in [-0.2, 0) is 0 Å². The normalized spacial score (nSPS) is 11.3. The van der Waals surface area contributed by atoms with Crippen molar-refractivity contribution < 1.29 is 4.74 Å². The van der Waals surface area contributed by atoms with E-state index in [0.29, 0.717) is 22.4 Å². The van der Waals surface area contributed by atoms with Crippen LogP contribution < -0.4 is 15.8 Å². The van der Waals surface area contributed by atoms with Gasteiger partial charge >= 0.3 is 0 Å². The molecule has 0 atom stereocenters. The van der Waals surface area contributed by atoms with Gasteiger partial charge in [0.15, 0.2) is 0 Å². The van der Waals surface area contributed by atoms with E-state index >= 15 is 0 Å². The van der Waals surface area contributed by atoms with Gasteiger partial charge in [-0.15, -0.1) is 0 Å². The Morgan fingerprint density at radius 2 is 1.95 bits per heavy atom. The SMILES string of the molecule is CC(C)(C)Oc1nc(Nc2cc(Cl)ccc2Br)ccc1N. The van der Waals surface area contributed by atoms with Crippen molar-refractivity contribution in [3.05, 3.63) is 39.8 Å². The van der Waals surface area contributed by atoms with Gasteiger partial charge in [-0.1, -0.05) is 11.6 Å². The minimum Gasteiger partial charge on any atom is -0.470 e. The number of halogens is 2. The summed E-state index contributed by atoms with van der Waals surface area (Å²) >= 11 is 9.47. The Morgan fingerprint density at radius 1 is 1.24 bits per heavy atom. The highest BCUT2D eigenvalue weighted by molar-refractivity contribution is 9.10. The topological polar surface area (TPSA) is 60.2 Å². The lowest BCUT2D eigenvalue weighted by Gasteiger charge is -2.21. The maximum absolute atomic E-state index is 6.00. The molecular formula is C15H17BrClN3O. The van der Waals surface area contributed by atoms with Crippen LogP contribution in [0.25, 0.3) is 0 Å². The van der Waals surface area contributed by atoms with Gasteiger partial charge in [-0.2, -0.15) is 4.98 Å². The van der Waals surface area contributed by atoms with Gasteiger partial charge in [-0.25, -0.2) is 0 Å². The van der Waals surface area contributed by atoms with Crippen molar-refractivity contribution in [1.29, 1.82) is 0 Å². The molecule has 0 unspecified atom stereocenters. The first-order valence-corrected chi connectivity index (χ1v) is 7.59. The van der Waals surface area contributed by atoms with E-state index in [1.54, 1.807) is 18.2 Å². The van der Waals surface area contributed by atoms with Crippen LogP contribution in [0.4, 0.5) is 17.2 Å². The molecule has 0 radical (unpaired) electrons. The molecule has 0 fully saturated rings. The summed E-state index contributed by atoms with van der Waals surface area (Å²) in [5, 5.41) is 3.83. The van der Waals surface area contributed by atoms with Crippen molar-refractivity contribution in [1.82, 2.24) is 4.98 Å². The highest BCUT2D eigenvalue weighted by Gasteiger charge is 2.15. The monoisotopic (exact) mass is 369 g/mol. The van der Waals surface area contributed by atoms with Gasteiger partial charge in [-0.05, 0) is 67.0 Å². The summed E-state index contributed by atoms with van der Waals surface area (Å²) in [5.41, 5.74) is 6.86. The number of benzene rings is 1. The lowest BCUT2D eigenvalue weighted by molar-refractivity contribution is 0.125. The number of hydrogen-bond acceptors (Lipinski definition) is 4. The number of ether oxygens (including phenoxy) is 1. The molecule has 0 aliphatic heterocycles. The van der Waals surface area contributed by atoms with Crippen molar-refractivity contribution in [3.63, 3.8) is 0 Å². The zero-order valence-electron chi connectivity index (χ0n) is 12.1. The van der Waals surface area contributed by atoms with Crippen LogP contribution in [0, 0.1) is 0 Å². The van der Waals surface area contributed by atoms with Gasteiger partial charge in [0.05, 0.1) is 11.4 Å². The van der Waals surface area contributed by atoms with Crippen LogP contribution in [0.15, 0.2) is 34.8 Å². The third-order valence-electron chi connectivity index (χ3n) is 2.48. The third-order valence-corrected chi connectivity index (χ3v) is 3.41. The second kappa shape index (κ2) is 6.12. The van der Waals surface area contributed by atoms with E-state index in [1.807, 2.05) is 32.9 Å². The highest BCUT2D eigenvalue weighted by atomic mass is 79.9. The Balaban J connectivity index is 2.29. The Hall–Kier alpha value is -1.46. The van der Waals surface area contributed by atoms with Crippen molar-refractivity contribution in [2.24, 2.45) is 0 Å².